The molecule has 24 nitrogen and oxygen atoms in total. The molecule has 3 heterocycles. The lowest BCUT2D eigenvalue weighted by molar-refractivity contribution is -0.143. The van der Waals surface area contributed by atoms with Crippen molar-refractivity contribution in [1.82, 2.24) is 42.1 Å². The van der Waals surface area contributed by atoms with Crippen molar-refractivity contribution in [2.45, 2.75) is 87.5 Å². The number of aliphatic imine (C=N–C) groups is 1. The molecule has 4 rings (SSSR count). The van der Waals surface area contributed by atoms with Gasteiger partial charge in [0.15, 0.2) is 5.96 Å². The fourth-order valence-electron chi connectivity index (χ4n) is 7.14. The van der Waals surface area contributed by atoms with Gasteiger partial charge in [0.2, 0.25) is 53.2 Å². The maximum Gasteiger partial charge on any atom is 0.305 e. The SMILES string of the molecule is NC(=O)CC[C@@H]1NC(=O)[C@@H]2CCCN2C(=O)[C@H](CC2CNc3ccccc32)NC(=O)[C@H](CC(=O)O)NC(=O)CNC(=O)[C@H](CCCN=C(N)N)NC(=O)CNC(=O)CNC1=O. The maximum absolute atomic E-state index is 14.5. The number of hydrogen-bond donors (Lipinski definition) is 12. The summed E-state index contributed by atoms with van der Waals surface area (Å²) in [6, 6.07) is 0.389. The molecule has 0 spiro atoms. The second kappa shape index (κ2) is 22.4. The highest BCUT2D eigenvalue weighted by molar-refractivity contribution is 5.98. The summed E-state index contributed by atoms with van der Waals surface area (Å²) in [5, 5.41) is 29.8. The number of carbonyl (C=O) groups is 10. The van der Waals surface area contributed by atoms with Gasteiger partial charge in [-0.3, -0.25) is 52.9 Å². The molecule has 24 heteroatoms. The van der Waals surface area contributed by atoms with E-state index < -0.39 is 115 Å². The van der Waals surface area contributed by atoms with Gasteiger partial charge >= 0.3 is 5.97 Å². The van der Waals surface area contributed by atoms with Crippen LogP contribution in [0.3, 0.4) is 0 Å². The van der Waals surface area contributed by atoms with Crippen LogP contribution in [0.1, 0.15) is 62.8 Å². The average Bonchev–Trinajstić information content (AvgIpc) is 3.87. The Morgan fingerprint density at radius 2 is 1.34 bits per heavy atom. The van der Waals surface area contributed by atoms with E-state index in [1.54, 1.807) is 6.07 Å². The summed E-state index contributed by atoms with van der Waals surface area (Å²) >= 11 is 0. The molecule has 3 aliphatic rings. The third-order valence-electron chi connectivity index (χ3n) is 10.1. The van der Waals surface area contributed by atoms with Crippen LogP contribution in [0, 0.1) is 0 Å². The third kappa shape index (κ3) is 14.3. The quantitative estimate of drug-likeness (QED) is 0.0562. The number of primary amides is 1. The zero-order chi connectivity index (χ0) is 44.6. The molecular formula is C37H53N13O11. The lowest BCUT2D eigenvalue weighted by Crippen LogP contribution is -2.59. The minimum absolute atomic E-state index is 0.00871. The van der Waals surface area contributed by atoms with Gasteiger partial charge in [-0.15, -0.1) is 0 Å². The first-order valence-electron chi connectivity index (χ1n) is 19.7. The number of benzene rings is 1. The van der Waals surface area contributed by atoms with Gasteiger partial charge in [-0.05, 0) is 50.2 Å². The van der Waals surface area contributed by atoms with Crippen molar-refractivity contribution in [2.75, 3.05) is 44.6 Å². The minimum Gasteiger partial charge on any atom is -0.481 e. The number of aliphatic carboxylic acids is 1. The summed E-state index contributed by atoms with van der Waals surface area (Å²) in [4.78, 5) is 136. The first kappa shape index (κ1) is 46.7. The van der Waals surface area contributed by atoms with Crippen LogP contribution < -0.4 is 59.7 Å². The van der Waals surface area contributed by atoms with Gasteiger partial charge in [-0.1, -0.05) is 18.2 Å². The number of fused-ring (bicyclic) bond motifs is 2. The molecule has 0 saturated carbocycles. The lowest BCUT2D eigenvalue weighted by atomic mass is 9.92. The number of nitrogens with one attached hydrogen (secondary N) is 8. The van der Waals surface area contributed by atoms with E-state index in [2.05, 4.69) is 47.5 Å². The summed E-state index contributed by atoms with van der Waals surface area (Å²) in [7, 11) is 0. The van der Waals surface area contributed by atoms with Crippen molar-refractivity contribution >= 4 is 70.8 Å². The Hall–Kier alpha value is -7.01. The van der Waals surface area contributed by atoms with E-state index in [4.69, 9.17) is 17.2 Å². The Morgan fingerprint density at radius 3 is 2.02 bits per heavy atom. The number of carboxylic acids is 1. The molecule has 3 aliphatic heterocycles. The van der Waals surface area contributed by atoms with E-state index in [1.165, 1.54) is 4.90 Å². The molecule has 6 atom stereocenters. The zero-order valence-electron chi connectivity index (χ0n) is 33.3. The van der Waals surface area contributed by atoms with Crippen molar-refractivity contribution in [2.24, 2.45) is 22.2 Å². The van der Waals surface area contributed by atoms with Gasteiger partial charge in [0.25, 0.3) is 0 Å². The van der Waals surface area contributed by atoms with Crippen LogP contribution in [0.25, 0.3) is 0 Å². The largest absolute Gasteiger partial charge is 0.481 e. The van der Waals surface area contributed by atoms with Crippen molar-refractivity contribution in [3.05, 3.63) is 29.8 Å². The summed E-state index contributed by atoms with van der Waals surface area (Å²) in [5.74, 6) is -9.70. The van der Waals surface area contributed by atoms with Crippen LogP contribution in [-0.2, 0) is 47.9 Å². The van der Waals surface area contributed by atoms with E-state index in [0.717, 1.165) is 11.3 Å². The second-order valence-electron chi connectivity index (χ2n) is 14.7. The molecule has 1 unspecified atom stereocenters. The Morgan fingerprint density at radius 1 is 0.721 bits per heavy atom. The molecular weight excluding hydrogens is 802 g/mol. The van der Waals surface area contributed by atoms with E-state index in [9.17, 15) is 53.1 Å². The Balaban J connectivity index is 1.65. The van der Waals surface area contributed by atoms with Crippen LogP contribution in [0.15, 0.2) is 29.3 Å². The number of nitrogens with zero attached hydrogens (tertiary/aromatic N) is 2. The molecule has 0 radical (unpaired) electrons. The number of hydrogen-bond acceptors (Lipinski definition) is 12. The number of carboxylic acid groups (broad SMARTS) is 1. The normalized spacial score (nSPS) is 24.8. The summed E-state index contributed by atoms with van der Waals surface area (Å²) in [5.41, 5.74) is 17.7. The highest BCUT2D eigenvalue weighted by Gasteiger charge is 2.41. The highest BCUT2D eigenvalue weighted by Crippen LogP contribution is 2.34. The van der Waals surface area contributed by atoms with Gasteiger partial charge in [-0.2, -0.15) is 0 Å². The Kier molecular flexibility index (Phi) is 17.1. The fraction of sp³-hybridized carbons (Fsp3) is 0.541. The predicted molar refractivity (Wildman–Crippen MR) is 214 cm³/mol. The Labute approximate surface area is 349 Å². The maximum atomic E-state index is 14.5. The molecule has 332 valence electrons. The van der Waals surface area contributed by atoms with Gasteiger partial charge in [0.1, 0.15) is 30.2 Å². The number of para-hydroxylation sites is 1. The number of guanidine groups is 1. The molecule has 15 N–H and O–H groups in total. The van der Waals surface area contributed by atoms with Crippen molar-refractivity contribution in [3.63, 3.8) is 0 Å². The van der Waals surface area contributed by atoms with Gasteiger partial charge in [0, 0.05) is 37.7 Å². The van der Waals surface area contributed by atoms with Crippen LogP contribution in [0.2, 0.25) is 0 Å². The molecule has 2 saturated heterocycles. The van der Waals surface area contributed by atoms with Gasteiger partial charge < -0.3 is 69.7 Å². The van der Waals surface area contributed by atoms with Crippen LogP contribution in [-0.4, -0.2) is 145 Å². The molecule has 2 fully saturated rings. The van der Waals surface area contributed by atoms with E-state index in [1.807, 2.05) is 18.2 Å². The third-order valence-corrected chi connectivity index (χ3v) is 10.1. The number of anilines is 1. The molecule has 0 bridgehead atoms. The van der Waals surface area contributed by atoms with Crippen LogP contribution >= 0.6 is 0 Å². The van der Waals surface area contributed by atoms with Crippen molar-refractivity contribution in [3.8, 4) is 0 Å². The summed E-state index contributed by atoms with van der Waals surface area (Å²) < 4.78 is 0. The van der Waals surface area contributed by atoms with Crippen molar-refractivity contribution < 1.29 is 53.1 Å². The second-order valence-corrected chi connectivity index (χ2v) is 14.7. The molecule has 9 amide bonds. The number of carbonyl (C=O) groups excluding carboxylic acids is 9. The van der Waals surface area contributed by atoms with E-state index in [-0.39, 0.29) is 63.5 Å². The lowest BCUT2D eigenvalue weighted by Gasteiger charge is -2.31. The molecule has 61 heavy (non-hydrogen) atoms. The van der Waals surface area contributed by atoms with Gasteiger partial charge in [-0.25, -0.2) is 0 Å². The standard InChI is InChI=1S/C37H53N13O11/c38-27(51)10-9-23-33(58)44-16-28(52)43-17-29(53)46-22(7-3-11-41-37(39)40)32(57)45-18-30(54)47-24(14-31(55)56)34(59)49-25(13-19-15-42-21-6-2-1-5-20(19)21)36(61)50-12-4-8-26(50)35(60)48-23/h1-2,5-6,19,22-26,42H,3-4,7-18H2,(H2,38,51)(H,43,52)(H,44,58)(H,45,57)(H,46,53)(H,47,54)(H,48,60)(H,49,59)(H,55,56)(H4,39,40,41)/t19?,22-,23-,24-,25-,26-/m0/s1. The minimum atomic E-state index is -1.74. The van der Waals surface area contributed by atoms with Crippen molar-refractivity contribution in [1.29, 1.82) is 0 Å². The number of nitrogens with two attached hydrogens (primary N) is 3. The zero-order valence-corrected chi connectivity index (χ0v) is 33.3. The topological polar surface area (TPSA) is 381 Å². The molecule has 1 aromatic rings. The molecule has 0 aromatic heterocycles. The fourth-order valence-corrected chi connectivity index (χ4v) is 7.14. The smallest absolute Gasteiger partial charge is 0.305 e. The molecule has 0 aliphatic carbocycles. The van der Waals surface area contributed by atoms with E-state index in [0.29, 0.717) is 13.0 Å². The summed E-state index contributed by atoms with van der Waals surface area (Å²) in [6.07, 6.45) is -0.895. The number of amides is 9. The van der Waals surface area contributed by atoms with Gasteiger partial charge in [0.05, 0.1) is 26.1 Å². The van der Waals surface area contributed by atoms with E-state index >= 15 is 0 Å². The van der Waals surface area contributed by atoms with Crippen LogP contribution in [0.5, 0.6) is 0 Å². The first-order valence-corrected chi connectivity index (χ1v) is 19.7. The molecule has 1 aromatic carbocycles. The predicted octanol–water partition coefficient (Wildman–Crippen LogP) is -5.33. The summed E-state index contributed by atoms with van der Waals surface area (Å²) in [6.45, 7) is -1.57. The monoisotopic (exact) mass is 855 g/mol. The Bertz CT molecular complexity index is 1890. The van der Waals surface area contributed by atoms with Crippen LogP contribution in [0.4, 0.5) is 5.69 Å². The average molecular weight is 856 g/mol. The first-order chi connectivity index (χ1) is 29.0. The highest BCUT2D eigenvalue weighted by atomic mass is 16.4. The number of rotatable bonds is 11.